The van der Waals surface area contributed by atoms with Gasteiger partial charge in [-0.1, -0.05) is 29.0 Å². The Morgan fingerprint density at radius 1 is 1.25 bits per heavy atom. The lowest BCUT2D eigenvalue weighted by Crippen LogP contribution is -2.11. The van der Waals surface area contributed by atoms with Gasteiger partial charge in [-0.25, -0.2) is 4.98 Å². The number of anilines is 2. The molecule has 0 atom stereocenters. The summed E-state index contributed by atoms with van der Waals surface area (Å²) in [6.07, 6.45) is 0. The molecule has 3 rings (SSSR count). The number of hydrogen-bond acceptors (Lipinski definition) is 4. The van der Waals surface area contributed by atoms with E-state index in [1.807, 2.05) is 12.1 Å². The summed E-state index contributed by atoms with van der Waals surface area (Å²) in [5.74, 6) is -0.213. The molecule has 1 heterocycles. The Morgan fingerprint density at radius 2 is 2.10 bits per heavy atom. The molecule has 0 aliphatic heterocycles. The number of carbonyl (C=O) groups is 1. The average Bonchev–Trinajstić information content (AvgIpc) is 2.78. The van der Waals surface area contributed by atoms with Crippen molar-refractivity contribution in [2.75, 3.05) is 11.1 Å². The number of nitrogens with two attached hydrogens (primary N) is 1. The van der Waals surface area contributed by atoms with Crippen LogP contribution in [0, 0.1) is 0 Å². The monoisotopic (exact) mass is 303 g/mol. The molecule has 20 heavy (non-hydrogen) atoms. The number of aromatic nitrogens is 1. The van der Waals surface area contributed by atoms with E-state index in [9.17, 15) is 4.79 Å². The Balaban J connectivity index is 1.87. The number of carbonyl (C=O) groups excluding carboxylic acids is 1. The molecule has 3 aromatic rings. The maximum atomic E-state index is 12.1. The molecule has 100 valence electrons. The van der Waals surface area contributed by atoms with Crippen molar-refractivity contribution >= 4 is 49.9 Å². The van der Waals surface area contributed by atoms with Crippen molar-refractivity contribution in [2.24, 2.45) is 0 Å². The van der Waals surface area contributed by atoms with Crippen molar-refractivity contribution in [2.45, 2.75) is 0 Å². The number of thiazole rings is 1. The molecular formula is C14H10ClN3OS. The third kappa shape index (κ3) is 2.59. The number of nitrogens with zero attached hydrogens (tertiary/aromatic N) is 1. The third-order valence-corrected chi connectivity index (χ3v) is 3.85. The van der Waals surface area contributed by atoms with Gasteiger partial charge in [0, 0.05) is 16.3 Å². The Hall–Kier alpha value is -2.11. The Labute approximate surface area is 124 Å². The van der Waals surface area contributed by atoms with E-state index in [4.69, 9.17) is 17.3 Å². The summed E-state index contributed by atoms with van der Waals surface area (Å²) in [7, 11) is 0. The molecule has 0 aliphatic rings. The van der Waals surface area contributed by atoms with E-state index in [-0.39, 0.29) is 5.91 Å². The minimum absolute atomic E-state index is 0.213. The summed E-state index contributed by atoms with van der Waals surface area (Å²) in [5.41, 5.74) is 7.61. The summed E-state index contributed by atoms with van der Waals surface area (Å²) in [4.78, 5) is 16.3. The van der Waals surface area contributed by atoms with Crippen LogP contribution in [0.2, 0.25) is 5.02 Å². The molecule has 0 unspecified atom stereocenters. The van der Waals surface area contributed by atoms with Gasteiger partial charge in [-0.05, 0) is 36.4 Å². The lowest BCUT2D eigenvalue weighted by atomic mass is 10.2. The zero-order valence-electron chi connectivity index (χ0n) is 10.3. The molecule has 3 N–H and O–H groups in total. The summed E-state index contributed by atoms with van der Waals surface area (Å²) in [6.45, 7) is 0. The van der Waals surface area contributed by atoms with Crippen LogP contribution < -0.4 is 11.1 Å². The van der Waals surface area contributed by atoms with Crippen molar-refractivity contribution in [1.82, 2.24) is 4.98 Å². The second kappa shape index (κ2) is 5.11. The molecule has 6 heteroatoms. The molecular weight excluding hydrogens is 294 g/mol. The second-order valence-corrected chi connectivity index (χ2v) is 5.70. The van der Waals surface area contributed by atoms with Gasteiger partial charge in [-0.3, -0.25) is 4.79 Å². The lowest BCUT2D eigenvalue weighted by Gasteiger charge is -2.05. The van der Waals surface area contributed by atoms with Crippen molar-refractivity contribution in [3.63, 3.8) is 0 Å². The highest BCUT2D eigenvalue weighted by molar-refractivity contribution is 7.22. The maximum absolute atomic E-state index is 12.1. The fourth-order valence-electron chi connectivity index (χ4n) is 1.86. The fraction of sp³-hybridized carbons (Fsp3) is 0. The van der Waals surface area contributed by atoms with Crippen molar-refractivity contribution in [1.29, 1.82) is 0 Å². The number of nitrogens with one attached hydrogen (secondary N) is 1. The summed E-state index contributed by atoms with van der Waals surface area (Å²) < 4.78 is 0.989. The number of rotatable bonds is 2. The highest BCUT2D eigenvalue weighted by Gasteiger charge is 2.08. The first kappa shape index (κ1) is 12.9. The largest absolute Gasteiger partial charge is 0.375 e. The normalized spacial score (nSPS) is 10.7. The van der Waals surface area contributed by atoms with E-state index in [1.165, 1.54) is 11.3 Å². The smallest absolute Gasteiger partial charge is 0.255 e. The first-order valence-corrected chi connectivity index (χ1v) is 7.04. The first-order valence-electron chi connectivity index (χ1n) is 5.85. The topological polar surface area (TPSA) is 68.0 Å². The number of amides is 1. The van der Waals surface area contributed by atoms with E-state index in [1.54, 1.807) is 30.3 Å². The highest BCUT2D eigenvalue weighted by atomic mass is 35.5. The quantitative estimate of drug-likeness (QED) is 0.757. The standard InChI is InChI=1S/C14H10ClN3OS/c15-9-3-1-2-8(6-9)13(19)17-10-4-5-12-11(7-10)18-14(16)20-12/h1-7H,(H2,16,18)(H,17,19). The minimum Gasteiger partial charge on any atom is -0.375 e. The molecule has 0 saturated carbocycles. The van der Waals surface area contributed by atoms with Gasteiger partial charge in [0.1, 0.15) is 0 Å². The first-order chi connectivity index (χ1) is 9.61. The van der Waals surface area contributed by atoms with Crippen LogP contribution in [0.15, 0.2) is 42.5 Å². The Bertz CT molecular complexity index is 800. The van der Waals surface area contributed by atoms with Crippen LogP contribution in [0.4, 0.5) is 10.8 Å². The van der Waals surface area contributed by atoms with Gasteiger partial charge >= 0.3 is 0 Å². The highest BCUT2D eigenvalue weighted by Crippen LogP contribution is 2.26. The van der Waals surface area contributed by atoms with Gasteiger partial charge < -0.3 is 11.1 Å². The number of halogens is 1. The molecule has 2 aromatic carbocycles. The number of benzene rings is 2. The van der Waals surface area contributed by atoms with Gasteiger partial charge in [-0.15, -0.1) is 0 Å². The Kier molecular flexibility index (Phi) is 3.30. The van der Waals surface area contributed by atoms with Crippen LogP contribution in [0.25, 0.3) is 10.2 Å². The number of fused-ring (bicyclic) bond motifs is 1. The molecule has 1 aromatic heterocycles. The van der Waals surface area contributed by atoms with Crippen LogP contribution in [0.5, 0.6) is 0 Å². The fourth-order valence-corrected chi connectivity index (χ4v) is 2.76. The minimum atomic E-state index is -0.213. The maximum Gasteiger partial charge on any atom is 0.255 e. The van der Waals surface area contributed by atoms with E-state index in [0.29, 0.717) is 21.4 Å². The molecule has 4 nitrogen and oxygen atoms in total. The van der Waals surface area contributed by atoms with Gasteiger partial charge in [0.15, 0.2) is 5.13 Å². The molecule has 0 bridgehead atoms. The van der Waals surface area contributed by atoms with E-state index >= 15 is 0 Å². The van der Waals surface area contributed by atoms with Crippen molar-refractivity contribution in [3.05, 3.63) is 53.1 Å². The summed E-state index contributed by atoms with van der Waals surface area (Å²) in [5, 5.41) is 3.85. The van der Waals surface area contributed by atoms with E-state index in [0.717, 1.165) is 10.2 Å². The number of nitrogen functional groups attached to an aromatic ring is 1. The Morgan fingerprint density at radius 3 is 2.90 bits per heavy atom. The van der Waals surface area contributed by atoms with Crippen molar-refractivity contribution in [3.8, 4) is 0 Å². The zero-order valence-corrected chi connectivity index (χ0v) is 11.8. The predicted octanol–water partition coefficient (Wildman–Crippen LogP) is 3.78. The predicted molar refractivity (Wildman–Crippen MR) is 83.4 cm³/mol. The number of hydrogen-bond donors (Lipinski definition) is 2. The molecule has 0 spiro atoms. The van der Waals surface area contributed by atoms with Crippen LogP contribution in [0.1, 0.15) is 10.4 Å². The summed E-state index contributed by atoms with van der Waals surface area (Å²) >= 11 is 7.28. The lowest BCUT2D eigenvalue weighted by molar-refractivity contribution is 0.102. The molecule has 1 amide bonds. The molecule has 0 aliphatic carbocycles. The van der Waals surface area contributed by atoms with Gasteiger partial charge in [-0.2, -0.15) is 0 Å². The van der Waals surface area contributed by atoms with Crippen LogP contribution in [-0.2, 0) is 0 Å². The van der Waals surface area contributed by atoms with Gasteiger partial charge in [0.2, 0.25) is 0 Å². The molecule has 0 saturated heterocycles. The molecule has 0 radical (unpaired) electrons. The van der Waals surface area contributed by atoms with E-state index < -0.39 is 0 Å². The summed E-state index contributed by atoms with van der Waals surface area (Å²) in [6, 6.07) is 12.3. The van der Waals surface area contributed by atoms with Crippen LogP contribution in [-0.4, -0.2) is 10.9 Å². The van der Waals surface area contributed by atoms with Crippen LogP contribution >= 0.6 is 22.9 Å². The van der Waals surface area contributed by atoms with E-state index in [2.05, 4.69) is 10.3 Å². The van der Waals surface area contributed by atoms with Gasteiger partial charge in [0.05, 0.1) is 10.2 Å². The third-order valence-electron chi connectivity index (χ3n) is 2.75. The second-order valence-electron chi connectivity index (χ2n) is 4.20. The zero-order chi connectivity index (χ0) is 14.1. The average molecular weight is 304 g/mol. The SMILES string of the molecule is Nc1nc2cc(NC(=O)c3cccc(Cl)c3)ccc2s1. The van der Waals surface area contributed by atoms with Crippen LogP contribution in [0.3, 0.4) is 0 Å². The van der Waals surface area contributed by atoms with Gasteiger partial charge in [0.25, 0.3) is 5.91 Å². The van der Waals surface area contributed by atoms with Crippen molar-refractivity contribution < 1.29 is 4.79 Å². The molecule has 0 fully saturated rings.